The Bertz CT molecular complexity index is 769. The summed E-state index contributed by atoms with van der Waals surface area (Å²) in [7, 11) is -3.75. The standard InChI is InChI=1S/C18H22F2N2O3S/c19-18(20)14-25-16-7-9-17(10-8-16)26(23,24)22(12-4-11-21)13-15-5-2-1-3-6-15/h1-3,5-10,18H,4,11-14,21H2. The van der Waals surface area contributed by atoms with Crippen molar-refractivity contribution in [2.24, 2.45) is 5.73 Å². The molecule has 142 valence electrons. The molecule has 8 heteroatoms. The lowest BCUT2D eigenvalue weighted by atomic mass is 10.2. The van der Waals surface area contributed by atoms with Crippen molar-refractivity contribution < 1.29 is 21.9 Å². The Morgan fingerprint density at radius 3 is 2.27 bits per heavy atom. The molecule has 0 heterocycles. The lowest BCUT2D eigenvalue weighted by Crippen LogP contribution is -2.32. The summed E-state index contributed by atoms with van der Waals surface area (Å²) in [6, 6.07) is 14.7. The molecule has 2 aromatic carbocycles. The van der Waals surface area contributed by atoms with E-state index < -0.39 is 23.1 Å². The van der Waals surface area contributed by atoms with Crippen LogP contribution < -0.4 is 10.5 Å². The summed E-state index contributed by atoms with van der Waals surface area (Å²) in [6.45, 7) is 0.161. The van der Waals surface area contributed by atoms with Gasteiger partial charge in [-0.05, 0) is 42.8 Å². The van der Waals surface area contributed by atoms with Gasteiger partial charge >= 0.3 is 0 Å². The molecule has 0 unspecified atom stereocenters. The number of hydrogen-bond acceptors (Lipinski definition) is 4. The quantitative estimate of drug-likeness (QED) is 0.684. The van der Waals surface area contributed by atoms with Crippen LogP contribution in [0.1, 0.15) is 12.0 Å². The average Bonchev–Trinajstić information content (AvgIpc) is 2.64. The van der Waals surface area contributed by atoms with Gasteiger partial charge in [-0.2, -0.15) is 4.31 Å². The summed E-state index contributed by atoms with van der Waals surface area (Å²) < 4.78 is 56.5. The van der Waals surface area contributed by atoms with Gasteiger partial charge in [0.25, 0.3) is 6.43 Å². The first-order valence-corrected chi connectivity index (χ1v) is 9.62. The van der Waals surface area contributed by atoms with Gasteiger partial charge in [-0.1, -0.05) is 30.3 Å². The first-order chi connectivity index (χ1) is 12.4. The molecule has 0 aliphatic carbocycles. The third-order valence-corrected chi connectivity index (χ3v) is 5.51. The fourth-order valence-corrected chi connectivity index (χ4v) is 3.82. The number of nitrogens with zero attached hydrogens (tertiary/aromatic N) is 1. The fraction of sp³-hybridized carbons (Fsp3) is 0.333. The van der Waals surface area contributed by atoms with Crippen LogP contribution in [0.2, 0.25) is 0 Å². The smallest absolute Gasteiger partial charge is 0.272 e. The molecule has 0 saturated carbocycles. The number of halogens is 2. The van der Waals surface area contributed by atoms with Crippen LogP contribution in [-0.2, 0) is 16.6 Å². The summed E-state index contributed by atoms with van der Waals surface area (Å²) in [6.07, 6.45) is -2.06. The van der Waals surface area contributed by atoms with Crippen LogP contribution in [-0.4, -0.2) is 38.8 Å². The predicted molar refractivity (Wildman–Crippen MR) is 95.7 cm³/mol. The van der Waals surface area contributed by atoms with Crippen LogP contribution in [0, 0.1) is 0 Å². The van der Waals surface area contributed by atoms with Crippen LogP contribution in [0.5, 0.6) is 5.75 Å². The van der Waals surface area contributed by atoms with Gasteiger partial charge in [0, 0.05) is 13.1 Å². The highest BCUT2D eigenvalue weighted by Crippen LogP contribution is 2.22. The molecule has 0 bridgehead atoms. The third-order valence-electron chi connectivity index (χ3n) is 3.65. The van der Waals surface area contributed by atoms with Crippen molar-refractivity contribution in [3.05, 3.63) is 60.2 Å². The van der Waals surface area contributed by atoms with Gasteiger partial charge in [-0.25, -0.2) is 17.2 Å². The highest BCUT2D eigenvalue weighted by atomic mass is 32.2. The van der Waals surface area contributed by atoms with Gasteiger partial charge < -0.3 is 10.5 Å². The van der Waals surface area contributed by atoms with Crippen molar-refractivity contribution in [2.45, 2.75) is 24.3 Å². The Balaban J connectivity index is 2.19. The van der Waals surface area contributed by atoms with Crippen molar-refractivity contribution in [3.63, 3.8) is 0 Å². The molecule has 5 nitrogen and oxygen atoms in total. The molecule has 0 spiro atoms. The second-order valence-corrected chi connectivity index (χ2v) is 7.58. The molecule has 0 radical (unpaired) electrons. The van der Waals surface area contributed by atoms with Crippen molar-refractivity contribution in [3.8, 4) is 5.75 Å². The second kappa shape index (κ2) is 9.61. The summed E-state index contributed by atoms with van der Waals surface area (Å²) in [4.78, 5) is 0.0786. The van der Waals surface area contributed by atoms with E-state index in [1.165, 1.54) is 28.6 Å². The molecule has 0 saturated heterocycles. The molecule has 2 aromatic rings. The minimum atomic E-state index is -3.75. The predicted octanol–water partition coefficient (Wildman–Crippen LogP) is 2.87. The zero-order valence-corrected chi connectivity index (χ0v) is 15.0. The molecule has 0 aliphatic heterocycles. The maximum Gasteiger partial charge on any atom is 0.272 e. The Morgan fingerprint density at radius 2 is 1.69 bits per heavy atom. The van der Waals surface area contributed by atoms with Gasteiger partial charge in [-0.3, -0.25) is 0 Å². The van der Waals surface area contributed by atoms with Crippen molar-refractivity contribution in [1.29, 1.82) is 0 Å². The highest BCUT2D eigenvalue weighted by Gasteiger charge is 2.24. The SMILES string of the molecule is NCCCN(Cc1ccccc1)S(=O)(=O)c1ccc(OCC(F)F)cc1. The lowest BCUT2D eigenvalue weighted by Gasteiger charge is -2.22. The van der Waals surface area contributed by atoms with Crippen LogP contribution in [0.25, 0.3) is 0 Å². The lowest BCUT2D eigenvalue weighted by molar-refractivity contribution is 0.0819. The van der Waals surface area contributed by atoms with E-state index in [4.69, 9.17) is 10.5 Å². The number of hydrogen-bond donors (Lipinski definition) is 1. The van der Waals surface area contributed by atoms with Gasteiger partial charge in [0.15, 0.2) is 0 Å². The van der Waals surface area contributed by atoms with Gasteiger partial charge in [0.2, 0.25) is 10.0 Å². The first kappa shape index (κ1) is 20.3. The molecule has 0 aliphatic rings. The van der Waals surface area contributed by atoms with Crippen molar-refractivity contribution in [1.82, 2.24) is 4.31 Å². The van der Waals surface area contributed by atoms with Gasteiger partial charge in [0.1, 0.15) is 12.4 Å². The largest absolute Gasteiger partial charge is 0.488 e. The molecule has 0 amide bonds. The monoisotopic (exact) mass is 384 g/mol. The van der Waals surface area contributed by atoms with Crippen molar-refractivity contribution >= 4 is 10.0 Å². The van der Waals surface area contributed by atoms with Gasteiger partial charge in [0.05, 0.1) is 4.90 Å². The minimum Gasteiger partial charge on any atom is -0.488 e. The molecule has 2 N–H and O–H groups in total. The minimum absolute atomic E-state index is 0.0786. The maximum atomic E-state index is 12.9. The zero-order chi connectivity index (χ0) is 19.0. The number of benzene rings is 2. The second-order valence-electron chi connectivity index (χ2n) is 5.64. The number of alkyl halides is 2. The third kappa shape index (κ3) is 5.76. The van der Waals surface area contributed by atoms with Crippen LogP contribution >= 0.6 is 0 Å². The number of ether oxygens (including phenoxy) is 1. The Kier molecular flexibility index (Phi) is 7.50. The Hall–Kier alpha value is -2.03. The van der Waals surface area contributed by atoms with E-state index in [0.717, 1.165) is 5.56 Å². The van der Waals surface area contributed by atoms with E-state index in [1.54, 1.807) is 0 Å². The maximum absolute atomic E-state index is 12.9. The van der Waals surface area contributed by atoms with E-state index in [2.05, 4.69) is 0 Å². The van der Waals surface area contributed by atoms with E-state index in [9.17, 15) is 17.2 Å². The molecule has 0 atom stereocenters. The molecule has 26 heavy (non-hydrogen) atoms. The normalized spacial score (nSPS) is 11.9. The van der Waals surface area contributed by atoms with Crippen LogP contribution in [0.3, 0.4) is 0 Å². The summed E-state index contributed by atoms with van der Waals surface area (Å²) >= 11 is 0. The molecule has 0 fully saturated rings. The fourth-order valence-electron chi connectivity index (χ4n) is 2.36. The molecule has 2 rings (SSSR count). The zero-order valence-electron chi connectivity index (χ0n) is 14.2. The Morgan fingerprint density at radius 1 is 1.04 bits per heavy atom. The molecular formula is C18H22F2N2O3S. The van der Waals surface area contributed by atoms with E-state index in [-0.39, 0.29) is 23.7 Å². The van der Waals surface area contributed by atoms with E-state index >= 15 is 0 Å². The number of rotatable bonds is 10. The Labute approximate surface area is 152 Å². The van der Waals surface area contributed by atoms with Crippen LogP contribution in [0.15, 0.2) is 59.5 Å². The first-order valence-electron chi connectivity index (χ1n) is 8.18. The molecular weight excluding hydrogens is 362 g/mol. The van der Waals surface area contributed by atoms with E-state index in [1.807, 2.05) is 30.3 Å². The average molecular weight is 384 g/mol. The summed E-state index contributed by atoms with van der Waals surface area (Å²) in [5, 5.41) is 0. The summed E-state index contributed by atoms with van der Waals surface area (Å²) in [5.41, 5.74) is 6.40. The highest BCUT2D eigenvalue weighted by molar-refractivity contribution is 7.89. The topological polar surface area (TPSA) is 72.6 Å². The number of sulfonamides is 1. The van der Waals surface area contributed by atoms with E-state index in [0.29, 0.717) is 13.0 Å². The molecule has 0 aromatic heterocycles. The van der Waals surface area contributed by atoms with Gasteiger partial charge in [-0.15, -0.1) is 0 Å². The van der Waals surface area contributed by atoms with Crippen molar-refractivity contribution in [2.75, 3.05) is 19.7 Å². The summed E-state index contributed by atoms with van der Waals surface area (Å²) in [5.74, 6) is 0.195. The number of nitrogens with two attached hydrogens (primary N) is 1. The van der Waals surface area contributed by atoms with Crippen LogP contribution in [0.4, 0.5) is 8.78 Å².